The number of likely N-dealkylation sites (N-methyl/N-ethyl adjacent to an activating group) is 1. The largest absolute Gasteiger partial charge is 0.369 e. The van der Waals surface area contributed by atoms with E-state index in [1.54, 1.807) is 0 Å². The van der Waals surface area contributed by atoms with Gasteiger partial charge in [0.2, 0.25) is 0 Å². The van der Waals surface area contributed by atoms with Gasteiger partial charge in [0.25, 0.3) is 0 Å². The van der Waals surface area contributed by atoms with Gasteiger partial charge in [0.05, 0.1) is 0 Å². The van der Waals surface area contributed by atoms with Gasteiger partial charge in [0.1, 0.15) is 0 Å². The second-order valence-corrected chi connectivity index (χ2v) is 8.19. The van der Waals surface area contributed by atoms with Crippen LogP contribution in [0.5, 0.6) is 0 Å². The molecule has 3 N–H and O–H groups in total. The zero-order chi connectivity index (χ0) is 17.7. The molecule has 1 atom stereocenters. The minimum atomic E-state index is -0.0480. The fraction of sp³-hybridized carbons (Fsp3) is 0.684. The number of hydrogen-bond acceptors (Lipinski definition) is 4. The van der Waals surface area contributed by atoms with Crippen molar-refractivity contribution in [1.82, 2.24) is 10.2 Å². The summed E-state index contributed by atoms with van der Waals surface area (Å²) in [5, 5.41) is 4.45. The normalized spacial score (nSPS) is 18.9. The summed E-state index contributed by atoms with van der Waals surface area (Å²) in [7, 11) is 2.17. The number of halogens is 1. The first-order valence-corrected chi connectivity index (χ1v) is 9.38. The summed E-state index contributed by atoms with van der Waals surface area (Å²) in [6.45, 7) is 12.4. The molecule has 4 nitrogen and oxygen atoms in total. The Bertz CT molecular complexity index is 526. The molecule has 5 heteroatoms. The maximum Gasteiger partial charge on any atom is 0.0471 e. The van der Waals surface area contributed by atoms with Crippen LogP contribution in [0.15, 0.2) is 18.2 Å². The molecule has 0 spiro atoms. The van der Waals surface area contributed by atoms with E-state index in [1.807, 2.05) is 0 Å². The molecule has 0 aromatic heterocycles. The molecule has 24 heavy (non-hydrogen) atoms. The van der Waals surface area contributed by atoms with Gasteiger partial charge >= 0.3 is 0 Å². The fourth-order valence-electron chi connectivity index (χ4n) is 3.38. The molecule has 2 rings (SSSR count). The number of nitrogens with two attached hydrogens (primary N) is 1. The Kier molecular flexibility index (Phi) is 6.93. The third-order valence-corrected chi connectivity index (χ3v) is 5.27. The van der Waals surface area contributed by atoms with Gasteiger partial charge in [-0.05, 0) is 44.0 Å². The molecule has 0 aliphatic carbocycles. The summed E-state index contributed by atoms with van der Waals surface area (Å²) in [4.78, 5) is 4.77. The van der Waals surface area contributed by atoms with Crippen molar-refractivity contribution in [2.24, 2.45) is 11.7 Å². The molecule has 0 saturated carbocycles. The molecule has 1 aliphatic rings. The third kappa shape index (κ3) is 5.35. The Balaban J connectivity index is 1.99. The van der Waals surface area contributed by atoms with E-state index in [2.05, 4.69) is 61.1 Å². The predicted octanol–water partition coefficient (Wildman–Crippen LogP) is 2.94. The molecule has 1 aromatic carbocycles. The standard InChI is InChI=1S/C19H33ClN4/c1-15(2)12-19(3,14-21)22-13-16-5-6-17(11-18(16)20)24-9-7-23(4)8-10-24/h5-6,11,15,22H,7-10,12-14,21H2,1-4H3. The van der Waals surface area contributed by atoms with Crippen molar-refractivity contribution >= 4 is 17.3 Å². The van der Waals surface area contributed by atoms with Gasteiger partial charge < -0.3 is 20.9 Å². The highest BCUT2D eigenvalue weighted by Gasteiger charge is 2.23. The first-order chi connectivity index (χ1) is 11.3. The van der Waals surface area contributed by atoms with E-state index in [0.717, 1.165) is 49.7 Å². The van der Waals surface area contributed by atoms with E-state index in [-0.39, 0.29) is 5.54 Å². The highest BCUT2D eigenvalue weighted by atomic mass is 35.5. The zero-order valence-electron chi connectivity index (χ0n) is 15.6. The molecule has 1 fully saturated rings. The smallest absolute Gasteiger partial charge is 0.0471 e. The molecule has 0 radical (unpaired) electrons. The number of anilines is 1. The van der Waals surface area contributed by atoms with Gasteiger partial charge in [-0.3, -0.25) is 0 Å². The molecule has 0 bridgehead atoms. The zero-order valence-corrected chi connectivity index (χ0v) is 16.4. The summed E-state index contributed by atoms with van der Waals surface area (Å²) in [5.74, 6) is 0.612. The van der Waals surface area contributed by atoms with Crippen LogP contribution in [0.2, 0.25) is 5.02 Å². The number of rotatable bonds is 7. The lowest BCUT2D eigenvalue weighted by atomic mass is 9.90. The first kappa shape index (κ1) is 19.5. The van der Waals surface area contributed by atoms with Crippen molar-refractivity contribution in [2.75, 3.05) is 44.7 Å². The van der Waals surface area contributed by atoms with Crippen LogP contribution in [0.3, 0.4) is 0 Å². The van der Waals surface area contributed by atoms with Crippen LogP contribution in [-0.2, 0) is 6.54 Å². The Labute approximate surface area is 152 Å². The van der Waals surface area contributed by atoms with Crippen LogP contribution in [-0.4, -0.2) is 50.2 Å². The van der Waals surface area contributed by atoms with E-state index in [9.17, 15) is 0 Å². The molecular weight excluding hydrogens is 320 g/mol. The summed E-state index contributed by atoms with van der Waals surface area (Å²) >= 11 is 6.55. The van der Waals surface area contributed by atoms with E-state index >= 15 is 0 Å². The van der Waals surface area contributed by atoms with Crippen molar-refractivity contribution in [3.05, 3.63) is 28.8 Å². The maximum atomic E-state index is 6.55. The van der Waals surface area contributed by atoms with Crippen LogP contribution < -0.4 is 16.0 Å². The van der Waals surface area contributed by atoms with Gasteiger partial charge in [0.15, 0.2) is 0 Å². The number of hydrogen-bond donors (Lipinski definition) is 2. The number of nitrogens with zero attached hydrogens (tertiary/aromatic N) is 2. The Morgan fingerprint density at radius 3 is 2.46 bits per heavy atom. The SMILES string of the molecule is CC(C)CC(C)(CN)NCc1ccc(N2CCN(C)CC2)cc1Cl. The van der Waals surface area contributed by atoms with Crippen molar-refractivity contribution in [3.8, 4) is 0 Å². The van der Waals surface area contributed by atoms with Gasteiger partial charge in [-0.25, -0.2) is 0 Å². The highest BCUT2D eigenvalue weighted by molar-refractivity contribution is 6.31. The molecule has 1 saturated heterocycles. The van der Waals surface area contributed by atoms with Crippen LogP contribution >= 0.6 is 11.6 Å². The van der Waals surface area contributed by atoms with Gasteiger partial charge in [-0.15, -0.1) is 0 Å². The fourth-order valence-corrected chi connectivity index (χ4v) is 3.62. The van der Waals surface area contributed by atoms with Crippen molar-refractivity contribution in [2.45, 2.75) is 39.3 Å². The van der Waals surface area contributed by atoms with Crippen molar-refractivity contribution in [3.63, 3.8) is 0 Å². The van der Waals surface area contributed by atoms with Gasteiger partial charge in [0, 0.05) is 55.5 Å². The average molecular weight is 353 g/mol. The number of benzene rings is 1. The van der Waals surface area contributed by atoms with Gasteiger partial charge in [-0.2, -0.15) is 0 Å². The van der Waals surface area contributed by atoms with Crippen molar-refractivity contribution < 1.29 is 0 Å². The van der Waals surface area contributed by atoms with E-state index in [0.29, 0.717) is 12.5 Å². The molecule has 1 unspecified atom stereocenters. The molecular formula is C19H33ClN4. The quantitative estimate of drug-likeness (QED) is 0.792. The lowest BCUT2D eigenvalue weighted by Gasteiger charge is -2.34. The molecule has 1 heterocycles. The topological polar surface area (TPSA) is 44.5 Å². The second-order valence-electron chi connectivity index (χ2n) is 7.78. The summed E-state index contributed by atoms with van der Waals surface area (Å²) in [6, 6.07) is 6.44. The van der Waals surface area contributed by atoms with E-state index < -0.39 is 0 Å². The highest BCUT2D eigenvalue weighted by Crippen LogP contribution is 2.25. The summed E-state index contributed by atoms with van der Waals surface area (Å²) in [6.07, 6.45) is 1.06. The minimum Gasteiger partial charge on any atom is -0.369 e. The van der Waals surface area contributed by atoms with Gasteiger partial charge in [-0.1, -0.05) is 31.5 Å². The number of piperazine rings is 1. The molecule has 1 aromatic rings. The number of nitrogens with one attached hydrogen (secondary N) is 1. The Morgan fingerprint density at radius 2 is 1.92 bits per heavy atom. The molecule has 0 amide bonds. The summed E-state index contributed by atoms with van der Waals surface area (Å²) < 4.78 is 0. The average Bonchev–Trinajstić information content (AvgIpc) is 2.54. The summed E-state index contributed by atoms with van der Waals surface area (Å²) in [5.41, 5.74) is 8.30. The lowest BCUT2D eigenvalue weighted by molar-refractivity contribution is 0.297. The Morgan fingerprint density at radius 1 is 1.25 bits per heavy atom. The molecule has 136 valence electrons. The van der Waals surface area contributed by atoms with Crippen molar-refractivity contribution in [1.29, 1.82) is 0 Å². The Hall–Kier alpha value is -0.810. The van der Waals surface area contributed by atoms with Crippen LogP contribution in [0.1, 0.15) is 32.8 Å². The monoisotopic (exact) mass is 352 g/mol. The van der Waals surface area contributed by atoms with Crippen LogP contribution in [0, 0.1) is 5.92 Å². The first-order valence-electron chi connectivity index (χ1n) is 9.00. The predicted molar refractivity (Wildman–Crippen MR) is 105 cm³/mol. The second kappa shape index (κ2) is 8.52. The third-order valence-electron chi connectivity index (χ3n) is 4.92. The van der Waals surface area contributed by atoms with E-state index in [1.165, 1.54) is 5.69 Å². The minimum absolute atomic E-state index is 0.0480. The van der Waals surface area contributed by atoms with E-state index in [4.69, 9.17) is 17.3 Å². The van der Waals surface area contributed by atoms with Crippen LogP contribution in [0.25, 0.3) is 0 Å². The lowest BCUT2D eigenvalue weighted by Crippen LogP contribution is -2.49. The maximum absolute atomic E-state index is 6.55. The van der Waals surface area contributed by atoms with Crippen LogP contribution in [0.4, 0.5) is 5.69 Å². The molecule has 1 aliphatic heterocycles.